The molecular weight excluding hydrogens is 294 g/mol. The molecule has 2 aromatic rings. The Bertz CT molecular complexity index is 761. The summed E-state index contributed by atoms with van der Waals surface area (Å²) in [5.74, 6) is 0.588. The highest BCUT2D eigenvalue weighted by Crippen LogP contribution is 2.25. The summed E-state index contributed by atoms with van der Waals surface area (Å²) in [7, 11) is 0. The molecule has 3 rings (SSSR count). The molecule has 2 heterocycles. The lowest BCUT2D eigenvalue weighted by atomic mass is 10.1. The minimum Gasteiger partial charge on any atom is -0.326 e. The Morgan fingerprint density at radius 1 is 1.30 bits per heavy atom. The molecule has 0 saturated carbocycles. The molecule has 0 bridgehead atoms. The summed E-state index contributed by atoms with van der Waals surface area (Å²) in [6.07, 6.45) is 0.704. The molecule has 1 atom stereocenters. The number of anilines is 2. The summed E-state index contributed by atoms with van der Waals surface area (Å²) in [6, 6.07) is 5.18. The first-order valence-corrected chi connectivity index (χ1v) is 7.60. The molecule has 2 amide bonds. The van der Waals surface area contributed by atoms with Crippen LogP contribution >= 0.6 is 0 Å². The topological polar surface area (TPSA) is 88.9 Å². The zero-order chi connectivity index (χ0) is 16.6. The molecule has 0 fully saturated rings. The largest absolute Gasteiger partial charge is 0.326 e. The van der Waals surface area contributed by atoms with Crippen molar-refractivity contribution < 1.29 is 9.59 Å². The second-order valence-corrected chi connectivity index (χ2v) is 5.78. The quantitative estimate of drug-likeness (QED) is 0.903. The van der Waals surface area contributed by atoms with Gasteiger partial charge in [0.1, 0.15) is 6.04 Å². The van der Waals surface area contributed by atoms with Crippen LogP contribution in [0.15, 0.2) is 18.2 Å². The fraction of sp³-hybridized carbons (Fsp3) is 0.375. The van der Waals surface area contributed by atoms with Gasteiger partial charge in [0.25, 0.3) is 5.91 Å². The van der Waals surface area contributed by atoms with Gasteiger partial charge in [0, 0.05) is 12.1 Å². The summed E-state index contributed by atoms with van der Waals surface area (Å²) >= 11 is 0. The number of aryl methyl sites for hydroxylation is 3. The molecule has 0 spiro atoms. The maximum absolute atomic E-state index is 12.3. The lowest BCUT2D eigenvalue weighted by Gasteiger charge is -2.11. The molecule has 1 aliphatic rings. The van der Waals surface area contributed by atoms with Gasteiger partial charge in [-0.15, -0.1) is 0 Å². The highest BCUT2D eigenvalue weighted by Gasteiger charge is 2.34. The van der Waals surface area contributed by atoms with Gasteiger partial charge in [0.15, 0.2) is 5.82 Å². The summed E-state index contributed by atoms with van der Waals surface area (Å²) < 4.78 is 1.50. The van der Waals surface area contributed by atoms with Gasteiger partial charge >= 0.3 is 0 Å². The second kappa shape index (κ2) is 5.83. The Labute approximate surface area is 134 Å². The van der Waals surface area contributed by atoms with Crippen molar-refractivity contribution in [3.05, 3.63) is 35.2 Å². The number of hydrogen-bond donors (Lipinski definition) is 2. The van der Waals surface area contributed by atoms with Gasteiger partial charge in [0.05, 0.1) is 6.42 Å². The van der Waals surface area contributed by atoms with Crippen molar-refractivity contribution in [2.75, 3.05) is 10.6 Å². The highest BCUT2D eigenvalue weighted by atomic mass is 16.2. The Morgan fingerprint density at radius 2 is 2.00 bits per heavy atom. The fourth-order valence-electron chi connectivity index (χ4n) is 2.74. The molecule has 0 radical (unpaired) electrons. The van der Waals surface area contributed by atoms with E-state index in [0.717, 1.165) is 16.8 Å². The molecule has 0 saturated heterocycles. The number of carbonyl (C=O) groups excluding carboxylic acids is 2. The second-order valence-electron chi connectivity index (χ2n) is 5.78. The Morgan fingerprint density at radius 3 is 2.65 bits per heavy atom. The van der Waals surface area contributed by atoms with Crippen LogP contribution in [0.2, 0.25) is 0 Å². The SMILES string of the molecule is CCc1nc2n(n1)[C@@H](CC(=O)Nc1cc(C)cc(C)c1)C(=O)N2. The van der Waals surface area contributed by atoms with Crippen LogP contribution in [0.3, 0.4) is 0 Å². The van der Waals surface area contributed by atoms with Crippen LogP contribution in [0, 0.1) is 13.8 Å². The molecule has 0 aliphatic carbocycles. The van der Waals surface area contributed by atoms with Crippen molar-refractivity contribution in [2.45, 2.75) is 39.7 Å². The van der Waals surface area contributed by atoms with Crippen molar-refractivity contribution >= 4 is 23.5 Å². The number of nitrogens with zero attached hydrogens (tertiary/aromatic N) is 3. The summed E-state index contributed by atoms with van der Waals surface area (Å²) in [5.41, 5.74) is 2.88. The Kier molecular flexibility index (Phi) is 3.85. The maximum Gasteiger partial charge on any atom is 0.252 e. The van der Waals surface area contributed by atoms with E-state index in [9.17, 15) is 9.59 Å². The summed E-state index contributed by atoms with van der Waals surface area (Å²) in [4.78, 5) is 28.5. The summed E-state index contributed by atoms with van der Waals surface area (Å²) in [6.45, 7) is 5.89. The number of fused-ring (bicyclic) bond motifs is 1. The monoisotopic (exact) mass is 313 g/mol. The smallest absolute Gasteiger partial charge is 0.252 e. The first-order valence-electron chi connectivity index (χ1n) is 7.60. The van der Waals surface area contributed by atoms with Crippen LogP contribution in [0.4, 0.5) is 11.6 Å². The fourth-order valence-corrected chi connectivity index (χ4v) is 2.74. The highest BCUT2D eigenvalue weighted by molar-refractivity contribution is 6.00. The van der Waals surface area contributed by atoms with E-state index in [4.69, 9.17) is 0 Å². The number of carbonyl (C=O) groups is 2. The molecule has 7 heteroatoms. The lowest BCUT2D eigenvalue weighted by molar-refractivity contribution is -0.123. The Hall–Kier alpha value is -2.70. The average molecular weight is 313 g/mol. The predicted molar refractivity (Wildman–Crippen MR) is 86.2 cm³/mol. The molecule has 1 aliphatic heterocycles. The van der Waals surface area contributed by atoms with E-state index in [1.165, 1.54) is 4.68 Å². The third-order valence-corrected chi connectivity index (χ3v) is 3.71. The number of amides is 2. The van der Waals surface area contributed by atoms with Crippen LogP contribution in [-0.2, 0) is 16.0 Å². The normalized spacial score (nSPS) is 16.1. The van der Waals surface area contributed by atoms with Crippen LogP contribution < -0.4 is 10.6 Å². The van der Waals surface area contributed by atoms with Gasteiger partial charge in [-0.3, -0.25) is 14.9 Å². The van der Waals surface area contributed by atoms with Crippen molar-refractivity contribution in [3.8, 4) is 0 Å². The Balaban J connectivity index is 1.73. The third kappa shape index (κ3) is 3.08. The van der Waals surface area contributed by atoms with Gasteiger partial charge in [-0.2, -0.15) is 10.1 Å². The van der Waals surface area contributed by atoms with E-state index in [1.807, 2.05) is 39.0 Å². The van der Waals surface area contributed by atoms with Gasteiger partial charge in [-0.05, 0) is 37.1 Å². The number of hydrogen-bond acceptors (Lipinski definition) is 4. The molecule has 7 nitrogen and oxygen atoms in total. The van der Waals surface area contributed by atoms with Crippen LogP contribution in [-0.4, -0.2) is 26.6 Å². The van der Waals surface area contributed by atoms with Gasteiger partial charge in [0.2, 0.25) is 11.9 Å². The van der Waals surface area contributed by atoms with Crippen molar-refractivity contribution in [3.63, 3.8) is 0 Å². The van der Waals surface area contributed by atoms with E-state index >= 15 is 0 Å². The molecule has 2 N–H and O–H groups in total. The first-order chi connectivity index (χ1) is 11.0. The molecule has 1 aromatic heterocycles. The minimum absolute atomic E-state index is 0.0261. The first kappa shape index (κ1) is 15.2. The molecule has 23 heavy (non-hydrogen) atoms. The van der Waals surface area contributed by atoms with Crippen LogP contribution in [0.5, 0.6) is 0 Å². The molecule has 1 aromatic carbocycles. The number of rotatable bonds is 4. The van der Waals surface area contributed by atoms with E-state index < -0.39 is 6.04 Å². The number of nitrogens with one attached hydrogen (secondary N) is 2. The zero-order valence-corrected chi connectivity index (χ0v) is 13.4. The third-order valence-electron chi connectivity index (χ3n) is 3.71. The van der Waals surface area contributed by atoms with Crippen LogP contribution in [0.25, 0.3) is 0 Å². The van der Waals surface area contributed by atoms with Crippen molar-refractivity contribution in [1.29, 1.82) is 0 Å². The van der Waals surface area contributed by atoms with Crippen molar-refractivity contribution in [2.24, 2.45) is 0 Å². The molecule has 0 unspecified atom stereocenters. The minimum atomic E-state index is -0.649. The maximum atomic E-state index is 12.3. The van der Waals surface area contributed by atoms with Crippen molar-refractivity contribution in [1.82, 2.24) is 14.8 Å². The van der Waals surface area contributed by atoms with Gasteiger partial charge < -0.3 is 5.32 Å². The van der Waals surface area contributed by atoms with E-state index in [2.05, 4.69) is 20.7 Å². The van der Waals surface area contributed by atoms with E-state index in [-0.39, 0.29) is 18.2 Å². The molecular formula is C16H19N5O2. The summed E-state index contributed by atoms with van der Waals surface area (Å²) in [5, 5.41) is 9.77. The van der Waals surface area contributed by atoms with E-state index in [1.54, 1.807) is 0 Å². The predicted octanol–water partition coefficient (Wildman–Crippen LogP) is 1.98. The number of benzene rings is 1. The average Bonchev–Trinajstić information content (AvgIpc) is 2.97. The number of aromatic nitrogens is 3. The zero-order valence-electron chi connectivity index (χ0n) is 13.4. The molecule has 120 valence electrons. The van der Waals surface area contributed by atoms with E-state index in [0.29, 0.717) is 18.2 Å². The standard InChI is InChI=1S/C16H19N5O2/c1-4-13-18-16-19-15(23)12(21(16)20-13)8-14(22)17-11-6-9(2)5-10(3)7-11/h5-7,12H,4,8H2,1-3H3,(H,17,22)(H,18,19,20,23)/t12-/m0/s1. The van der Waals surface area contributed by atoms with Gasteiger partial charge in [-0.25, -0.2) is 4.68 Å². The van der Waals surface area contributed by atoms with Crippen LogP contribution in [0.1, 0.15) is 36.3 Å². The van der Waals surface area contributed by atoms with Gasteiger partial charge in [-0.1, -0.05) is 13.0 Å². The lowest BCUT2D eigenvalue weighted by Crippen LogP contribution is -2.24.